The molecule has 0 spiro atoms. The van der Waals surface area contributed by atoms with E-state index in [1.165, 1.54) is 0 Å². The zero-order valence-corrected chi connectivity index (χ0v) is 12.9. The summed E-state index contributed by atoms with van der Waals surface area (Å²) in [5, 5.41) is 7.88. The molecule has 0 aromatic carbocycles. The van der Waals surface area contributed by atoms with E-state index in [0.29, 0.717) is 23.8 Å². The summed E-state index contributed by atoms with van der Waals surface area (Å²) < 4.78 is 28.1. The molecule has 0 aliphatic heterocycles. The number of nitrogens with one attached hydrogen (secondary N) is 1. The molecule has 2 aromatic rings. The van der Waals surface area contributed by atoms with Crippen LogP contribution in [-0.2, 0) is 0 Å². The normalized spacial score (nSPS) is 18.4. The summed E-state index contributed by atoms with van der Waals surface area (Å²) in [5.41, 5.74) is 1.69. The van der Waals surface area contributed by atoms with Crippen molar-refractivity contribution in [3.8, 4) is 5.69 Å². The first-order chi connectivity index (χ1) is 10.4. The molecule has 4 nitrogen and oxygen atoms in total. The summed E-state index contributed by atoms with van der Waals surface area (Å²) in [6.07, 6.45) is 2.52. The molecular formula is C15H17ClF2N4. The minimum Gasteiger partial charge on any atom is -0.367 e. The van der Waals surface area contributed by atoms with Crippen molar-refractivity contribution in [1.29, 1.82) is 0 Å². The van der Waals surface area contributed by atoms with Gasteiger partial charge in [-0.1, -0.05) is 11.6 Å². The van der Waals surface area contributed by atoms with E-state index < -0.39 is 5.92 Å². The Morgan fingerprint density at radius 1 is 1.32 bits per heavy atom. The number of rotatable bonds is 3. The molecule has 22 heavy (non-hydrogen) atoms. The molecule has 118 valence electrons. The molecule has 1 N–H and O–H groups in total. The van der Waals surface area contributed by atoms with Crippen LogP contribution in [0.3, 0.4) is 0 Å². The number of alkyl halides is 2. The topological polar surface area (TPSA) is 42.7 Å². The molecule has 0 saturated heterocycles. The number of nitrogens with zero attached hydrogens (tertiary/aromatic N) is 3. The molecule has 1 aliphatic rings. The molecule has 1 saturated carbocycles. The molecule has 3 rings (SSSR count). The van der Waals surface area contributed by atoms with Crippen molar-refractivity contribution in [2.45, 2.75) is 44.6 Å². The van der Waals surface area contributed by atoms with Gasteiger partial charge in [0.25, 0.3) is 0 Å². The van der Waals surface area contributed by atoms with Gasteiger partial charge in [0.05, 0.1) is 11.4 Å². The Morgan fingerprint density at radius 2 is 2.05 bits per heavy atom. The summed E-state index contributed by atoms with van der Waals surface area (Å²) in [7, 11) is 0. The number of hydrogen-bond acceptors (Lipinski definition) is 3. The minimum atomic E-state index is -2.53. The fraction of sp³-hybridized carbons (Fsp3) is 0.467. The average Bonchev–Trinajstić information content (AvgIpc) is 2.87. The van der Waals surface area contributed by atoms with Crippen molar-refractivity contribution >= 4 is 17.4 Å². The third kappa shape index (κ3) is 3.55. The van der Waals surface area contributed by atoms with Gasteiger partial charge in [-0.25, -0.2) is 18.4 Å². The first-order valence-electron chi connectivity index (χ1n) is 7.26. The second-order valence-corrected chi connectivity index (χ2v) is 6.10. The molecule has 2 aromatic heterocycles. The lowest BCUT2D eigenvalue weighted by Gasteiger charge is -2.29. The van der Waals surface area contributed by atoms with Crippen molar-refractivity contribution in [3.63, 3.8) is 0 Å². The van der Waals surface area contributed by atoms with Crippen molar-refractivity contribution in [2.24, 2.45) is 0 Å². The van der Waals surface area contributed by atoms with Gasteiger partial charge in [-0.15, -0.1) is 0 Å². The van der Waals surface area contributed by atoms with Gasteiger partial charge in [0.2, 0.25) is 5.92 Å². The third-order valence-electron chi connectivity index (χ3n) is 3.83. The maximum atomic E-state index is 13.2. The lowest BCUT2D eigenvalue weighted by Crippen LogP contribution is -2.32. The standard InChI is InChI=1S/C15H17ClF2N4/c1-10-4-7-22(21-10)12-8-13(16)20-14(9-12)19-11-2-5-15(17,18)6-3-11/h4,7-9,11H,2-3,5-6H2,1H3,(H,19,20). The van der Waals surface area contributed by atoms with Gasteiger partial charge >= 0.3 is 0 Å². The van der Waals surface area contributed by atoms with Crippen LogP contribution in [0.2, 0.25) is 5.15 Å². The molecule has 0 unspecified atom stereocenters. The Balaban J connectivity index is 1.76. The average molecular weight is 327 g/mol. The molecular weight excluding hydrogens is 310 g/mol. The van der Waals surface area contributed by atoms with Crippen molar-refractivity contribution in [2.75, 3.05) is 5.32 Å². The van der Waals surface area contributed by atoms with Crippen LogP contribution < -0.4 is 5.32 Å². The monoisotopic (exact) mass is 326 g/mol. The molecule has 0 amide bonds. The van der Waals surface area contributed by atoms with Crippen LogP contribution in [0.25, 0.3) is 5.69 Å². The molecule has 0 atom stereocenters. The predicted molar refractivity (Wildman–Crippen MR) is 81.9 cm³/mol. The van der Waals surface area contributed by atoms with Crippen LogP contribution in [0, 0.1) is 6.92 Å². The Labute approximate surface area is 132 Å². The lowest BCUT2D eigenvalue weighted by atomic mass is 9.92. The van der Waals surface area contributed by atoms with Gasteiger partial charge in [-0.05, 0) is 25.8 Å². The molecule has 0 bridgehead atoms. The zero-order valence-electron chi connectivity index (χ0n) is 12.2. The number of anilines is 1. The smallest absolute Gasteiger partial charge is 0.248 e. The van der Waals surface area contributed by atoms with Crippen molar-refractivity contribution < 1.29 is 8.78 Å². The van der Waals surface area contributed by atoms with Crippen LogP contribution in [-0.4, -0.2) is 26.7 Å². The van der Waals surface area contributed by atoms with E-state index in [0.717, 1.165) is 11.4 Å². The molecule has 1 fully saturated rings. The highest BCUT2D eigenvalue weighted by molar-refractivity contribution is 6.29. The number of hydrogen-bond donors (Lipinski definition) is 1. The van der Waals surface area contributed by atoms with Crippen LogP contribution in [0.5, 0.6) is 0 Å². The Kier molecular flexibility index (Phi) is 4.04. The number of halogens is 3. The van der Waals surface area contributed by atoms with E-state index >= 15 is 0 Å². The lowest BCUT2D eigenvalue weighted by molar-refractivity contribution is -0.0361. The Hall–Kier alpha value is -1.69. The summed E-state index contributed by atoms with van der Waals surface area (Å²) >= 11 is 6.06. The fourth-order valence-electron chi connectivity index (χ4n) is 2.64. The first kappa shape index (κ1) is 15.2. The van der Waals surface area contributed by atoms with Crippen LogP contribution in [0.4, 0.5) is 14.6 Å². The van der Waals surface area contributed by atoms with E-state index in [-0.39, 0.29) is 18.9 Å². The van der Waals surface area contributed by atoms with Crippen molar-refractivity contribution in [3.05, 3.63) is 35.2 Å². The maximum Gasteiger partial charge on any atom is 0.248 e. The van der Waals surface area contributed by atoms with Gasteiger partial charge in [-0.2, -0.15) is 5.10 Å². The van der Waals surface area contributed by atoms with Gasteiger partial charge in [0.15, 0.2) is 0 Å². The maximum absolute atomic E-state index is 13.2. The molecule has 1 aliphatic carbocycles. The molecule has 7 heteroatoms. The summed E-state index contributed by atoms with van der Waals surface area (Å²) in [4.78, 5) is 4.22. The van der Waals surface area contributed by atoms with Crippen LogP contribution in [0.15, 0.2) is 24.4 Å². The fourth-order valence-corrected chi connectivity index (χ4v) is 2.84. The Morgan fingerprint density at radius 3 is 2.68 bits per heavy atom. The summed E-state index contributed by atoms with van der Waals surface area (Å²) in [5.74, 6) is -1.94. The third-order valence-corrected chi connectivity index (χ3v) is 4.03. The van der Waals surface area contributed by atoms with E-state index in [2.05, 4.69) is 15.4 Å². The number of pyridine rings is 1. The van der Waals surface area contributed by atoms with Crippen LogP contribution >= 0.6 is 11.6 Å². The van der Waals surface area contributed by atoms with E-state index in [1.807, 2.05) is 25.3 Å². The quantitative estimate of drug-likeness (QED) is 0.859. The number of aryl methyl sites for hydroxylation is 1. The zero-order chi connectivity index (χ0) is 15.7. The van der Waals surface area contributed by atoms with Gasteiger partial charge in [0.1, 0.15) is 11.0 Å². The first-order valence-corrected chi connectivity index (χ1v) is 7.64. The number of aromatic nitrogens is 3. The van der Waals surface area contributed by atoms with Gasteiger partial charge < -0.3 is 5.32 Å². The largest absolute Gasteiger partial charge is 0.367 e. The summed E-state index contributed by atoms with van der Waals surface area (Å²) in [6.45, 7) is 1.90. The van der Waals surface area contributed by atoms with Crippen molar-refractivity contribution in [1.82, 2.24) is 14.8 Å². The van der Waals surface area contributed by atoms with E-state index in [4.69, 9.17) is 11.6 Å². The van der Waals surface area contributed by atoms with Gasteiger partial charge in [-0.3, -0.25) is 0 Å². The van der Waals surface area contributed by atoms with Gasteiger partial charge in [0, 0.05) is 37.2 Å². The molecule has 0 radical (unpaired) electrons. The second-order valence-electron chi connectivity index (χ2n) is 5.71. The van der Waals surface area contributed by atoms with E-state index in [9.17, 15) is 8.78 Å². The minimum absolute atomic E-state index is 0.00204. The highest BCUT2D eigenvalue weighted by Crippen LogP contribution is 2.34. The van der Waals surface area contributed by atoms with Crippen LogP contribution in [0.1, 0.15) is 31.4 Å². The van der Waals surface area contributed by atoms with E-state index in [1.54, 1.807) is 10.7 Å². The summed E-state index contributed by atoms with van der Waals surface area (Å²) in [6, 6.07) is 5.43. The Bertz CT molecular complexity index is 661. The second kappa shape index (κ2) is 5.83. The SMILES string of the molecule is Cc1ccn(-c2cc(Cl)nc(NC3CCC(F)(F)CC3)c2)n1. The highest BCUT2D eigenvalue weighted by Gasteiger charge is 2.34. The molecule has 2 heterocycles. The highest BCUT2D eigenvalue weighted by atomic mass is 35.5. The predicted octanol–water partition coefficient (Wildman–Crippen LogP) is 4.22.